The average molecular weight is 353 g/mol. The number of aliphatic hydroxyl groups is 1. The zero-order valence-electron chi connectivity index (χ0n) is 13.6. The second-order valence-electron chi connectivity index (χ2n) is 5.56. The number of amides is 1. The summed E-state index contributed by atoms with van der Waals surface area (Å²) in [7, 11) is 0. The van der Waals surface area contributed by atoms with E-state index < -0.39 is 6.10 Å². The minimum absolute atomic E-state index is 0.163. The van der Waals surface area contributed by atoms with Crippen molar-refractivity contribution >= 4 is 17.2 Å². The molecular weight excluding hydrogens is 334 g/mol. The lowest BCUT2D eigenvalue weighted by Crippen LogP contribution is -2.25. The van der Waals surface area contributed by atoms with E-state index in [4.69, 9.17) is 4.74 Å². The van der Waals surface area contributed by atoms with Crippen LogP contribution in [0.15, 0.2) is 71.4 Å². The first-order chi connectivity index (χ1) is 12.2. The summed E-state index contributed by atoms with van der Waals surface area (Å²) in [5.74, 6) is 1.27. The van der Waals surface area contributed by atoms with Crippen molar-refractivity contribution in [1.82, 2.24) is 5.32 Å². The van der Waals surface area contributed by atoms with Crippen LogP contribution in [0.5, 0.6) is 11.5 Å². The van der Waals surface area contributed by atoms with Crippen LogP contribution >= 0.6 is 11.3 Å². The lowest BCUT2D eigenvalue weighted by atomic mass is 10.1. The van der Waals surface area contributed by atoms with Crippen LogP contribution in [0.25, 0.3) is 0 Å². The molecule has 128 valence electrons. The predicted molar refractivity (Wildman–Crippen MR) is 99.2 cm³/mol. The predicted octanol–water partition coefficient (Wildman–Crippen LogP) is 4.39. The molecule has 1 heterocycles. The highest BCUT2D eigenvalue weighted by atomic mass is 32.1. The van der Waals surface area contributed by atoms with E-state index in [1.807, 2.05) is 47.2 Å². The lowest BCUT2D eigenvalue weighted by molar-refractivity contribution is 0.0942. The smallest absolute Gasteiger partial charge is 0.251 e. The highest BCUT2D eigenvalue weighted by Gasteiger charge is 2.10. The number of carbonyl (C=O) groups is 1. The van der Waals surface area contributed by atoms with Gasteiger partial charge in [0.25, 0.3) is 5.91 Å². The molecule has 1 amide bonds. The van der Waals surface area contributed by atoms with Crippen LogP contribution in [0.2, 0.25) is 0 Å². The lowest BCUT2D eigenvalue weighted by Gasteiger charge is -2.10. The maximum absolute atomic E-state index is 12.2. The van der Waals surface area contributed by atoms with Gasteiger partial charge in [-0.1, -0.05) is 18.2 Å². The summed E-state index contributed by atoms with van der Waals surface area (Å²) in [6, 6.07) is 18.4. The van der Waals surface area contributed by atoms with Gasteiger partial charge in [0, 0.05) is 12.1 Å². The average Bonchev–Trinajstić information content (AvgIpc) is 3.18. The van der Waals surface area contributed by atoms with E-state index in [9.17, 15) is 9.90 Å². The van der Waals surface area contributed by atoms with Crippen molar-refractivity contribution in [2.75, 3.05) is 6.54 Å². The third-order valence-corrected chi connectivity index (χ3v) is 4.43. The van der Waals surface area contributed by atoms with Crippen molar-refractivity contribution in [3.63, 3.8) is 0 Å². The fourth-order valence-electron chi connectivity index (χ4n) is 2.35. The van der Waals surface area contributed by atoms with Crippen molar-refractivity contribution < 1.29 is 14.6 Å². The molecule has 5 heteroatoms. The molecular formula is C20H19NO3S. The fourth-order valence-corrected chi connectivity index (χ4v) is 3.06. The Labute approximate surface area is 150 Å². The summed E-state index contributed by atoms with van der Waals surface area (Å²) < 4.78 is 5.70. The largest absolute Gasteiger partial charge is 0.457 e. The first kappa shape index (κ1) is 17.2. The number of para-hydroxylation sites is 1. The second kappa shape index (κ2) is 8.46. The van der Waals surface area contributed by atoms with Crippen LogP contribution in [-0.2, 0) is 0 Å². The Morgan fingerprint density at radius 1 is 1.04 bits per heavy atom. The zero-order chi connectivity index (χ0) is 17.5. The third-order valence-electron chi connectivity index (χ3n) is 3.73. The normalized spacial score (nSPS) is 11.7. The maximum atomic E-state index is 12.2. The van der Waals surface area contributed by atoms with Gasteiger partial charge in [-0.25, -0.2) is 0 Å². The van der Waals surface area contributed by atoms with Gasteiger partial charge in [-0.05, 0) is 65.2 Å². The molecule has 0 saturated heterocycles. The third kappa shape index (κ3) is 4.92. The van der Waals surface area contributed by atoms with Gasteiger partial charge >= 0.3 is 0 Å². The summed E-state index contributed by atoms with van der Waals surface area (Å²) in [4.78, 5) is 12.2. The van der Waals surface area contributed by atoms with Gasteiger partial charge in [-0.15, -0.1) is 0 Å². The number of carbonyl (C=O) groups excluding carboxylic acids is 1. The zero-order valence-corrected chi connectivity index (χ0v) is 14.4. The number of nitrogens with one attached hydrogen (secondary N) is 1. The summed E-state index contributed by atoms with van der Waals surface area (Å²) in [6.45, 7) is 0.415. The maximum Gasteiger partial charge on any atom is 0.251 e. The number of aliphatic hydroxyl groups excluding tert-OH is 1. The molecule has 0 radical (unpaired) electrons. The molecule has 1 aromatic heterocycles. The molecule has 0 spiro atoms. The van der Waals surface area contributed by atoms with Gasteiger partial charge in [0.05, 0.1) is 6.10 Å². The van der Waals surface area contributed by atoms with Crippen LogP contribution in [0.4, 0.5) is 0 Å². The van der Waals surface area contributed by atoms with Crippen LogP contribution in [0, 0.1) is 0 Å². The molecule has 0 bridgehead atoms. The highest BCUT2D eigenvalue weighted by molar-refractivity contribution is 7.07. The topological polar surface area (TPSA) is 58.6 Å². The van der Waals surface area contributed by atoms with Crippen molar-refractivity contribution in [2.45, 2.75) is 12.5 Å². The standard InChI is InChI=1S/C20H19NO3S/c22-19(16-11-13-25-14-16)10-12-21-20(23)15-6-8-18(9-7-15)24-17-4-2-1-3-5-17/h1-9,11,13-14,19,22H,10,12H2,(H,21,23). The Hall–Kier alpha value is -2.63. The molecule has 0 aliphatic rings. The van der Waals surface area contributed by atoms with E-state index in [1.165, 1.54) is 0 Å². The van der Waals surface area contributed by atoms with Crippen LogP contribution in [-0.4, -0.2) is 17.6 Å². The first-order valence-corrected chi connectivity index (χ1v) is 8.98. The molecule has 2 aromatic carbocycles. The highest BCUT2D eigenvalue weighted by Crippen LogP contribution is 2.21. The van der Waals surface area contributed by atoms with E-state index in [0.29, 0.717) is 24.3 Å². The Bertz CT molecular complexity index is 786. The van der Waals surface area contributed by atoms with Crippen LogP contribution < -0.4 is 10.1 Å². The fraction of sp³-hybridized carbons (Fsp3) is 0.150. The van der Waals surface area contributed by atoms with Crippen molar-refractivity contribution in [2.24, 2.45) is 0 Å². The quantitative estimate of drug-likeness (QED) is 0.662. The van der Waals surface area contributed by atoms with E-state index in [2.05, 4.69) is 5.32 Å². The minimum atomic E-state index is -0.548. The monoisotopic (exact) mass is 353 g/mol. The number of hydrogen-bond donors (Lipinski definition) is 2. The molecule has 0 aliphatic heterocycles. The molecule has 4 nitrogen and oxygen atoms in total. The molecule has 0 fully saturated rings. The second-order valence-corrected chi connectivity index (χ2v) is 6.34. The van der Waals surface area contributed by atoms with Gasteiger partial charge in [0.1, 0.15) is 11.5 Å². The summed E-state index contributed by atoms with van der Waals surface area (Å²) in [5, 5.41) is 16.7. The number of ether oxygens (including phenoxy) is 1. The summed E-state index contributed by atoms with van der Waals surface area (Å²) in [5.41, 5.74) is 1.45. The van der Waals surface area contributed by atoms with E-state index in [-0.39, 0.29) is 5.91 Å². The molecule has 3 aromatic rings. The van der Waals surface area contributed by atoms with Gasteiger partial charge < -0.3 is 15.2 Å². The van der Waals surface area contributed by atoms with Crippen LogP contribution in [0.3, 0.4) is 0 Å². The molecule has 0 aliphatic carbocycles. The molecule has 1 atom stereocenters. The SMILES string of the molecule is O=C(NCCC(O)c1ccsc1)c1ccc(Oc2ccccc2)cc1. The Morgan fingerprint density at radius 2 is 1.76 bits per heavy atom. The van der Waals surface area contributed by atoms with Gasteiger partial charge in [0.15, 0.2) is 0 Å². The van der Waals surface area contributed by atoms with Gasteiger partial charge in [-0.3, -0.25) is 4.79 Å². The molecule has 3 rings (SSSR count). The Balaban J connectivity index is 1.49. The van der Waals surface area contributed by atoms with Gasteiger partial charge in [-0.2, -0.15) is 11.3 Å². The number of rotatable bonds is 7. The number of benzene rings is 2. The number of thiophene rings is 1. The van der Waals surface area contributed by atoms with Crippen LogP contribution in [0.1, 0.15) is 28.4 Å². The minimum Gasteiger partial charge on any atom is -0.457 e. The molecule has 2 N–H and O–H groups in total. The van der Waals surface area contributed by atoms with E-state index >= 15 is 0 Å². The molecule has 1 unspecified atom stereocenters. The van der Waals surface area contributed by atoms with Crippen molar-refractivity contribution in [3.8, 4) is 11.5 Å². The Kier molecular flexibility index (Phi) is 5.82. The Morgan fingerprint density at radius 3 is 2.44 bits per heavy atom. The van der Waals surface area contributed by atoms with Crippen molar-refractivity contribution in [3.05, 3.63) is 82.6 Å². The summed E-state index contributed by atoms with van der Waals surface area (Å²) in [6.07, 6.45) is -0.0642. The number of hydrogen-bond acceptors (Lipinski definition) is 4. The van der Waals surface area contributed by atoms with E-state index in [1.54, 1.807) is 35.6 Å². The van der Waals surface area contributed by atoms with E-state index in [0.717, 1.165) is 11.3 Å². The molecule has 0 saturated carbocycles. The molecule has 25 heavy (non-hydrogen) atoms. The van der Waals surface area contributed by atoms with Gasteiger partial charge in [0.2, 0.25) is 0 Å². The summed E-state index contributed by atoms with van der Waals surface area (Å²) >= 11 is 1.55. The first-order valence-electron chi connectivity index (χ1n) is 8.04. The van der Waals surface area contributed by atoms with Crippen molar-refractivity contribution in [1.29, 1.82) is 0 Å².